The predicted octanol–water partition coefficient (Wildman–Crippen LogP) is -0.543. The fourth-order valence-corrected chi connectivity index (χ4v) is 3.74. The predicted molar refractivity (Wildman–Crippen MR) is 119 cm³/mol. The van der Waals surface area contributed by atoms with Crippen molar-refractivity contribution in [2.75, 3.05) is 18.6 Å². The van der Waals surface area contributed by atoms with Crippen molar-refractivity contribution in [2.45, 2.75) is 76.7 Å². The zero-order chi connectivity index (χ0) is 23.6. The molecule has 0 aliphatic carbocycles. The molecule has 1 aliphatic rings. The van der Waals surface area contributed by atoms with Crippen molar-refractivity contribution < 1.29 is 29.4 Å². The zero-order valence-corrected chi connectivity index (χ0v) is 19.5. The fraction of sp³-hybridized carbons (Fsp3) is 0.800. The van der Waals surface area contributed by atoms with Crippen molar-refractivity contribution in [2.24, 2.45) is 5.92 Å². The lowest BCUT2D eigenvalue weighted by Crippen LogP contribution is -2.59. The van der Waals surface area contributed by atoms with Gasteiger partial charge in [0.15, 0.2) is 6.04 Å². The summed E-state index contributed by atoms with van der Waals surface area (Å²) in [7, 11) is 0. The normalized spacial score (nSPS) is 20.7. The number of carbonyl (C=O) groups is 4. The first-order chi connectivity index (χ1) is 14.6. The molecule has 6 unspecified atom stereocenters. The third-order valence-corrected chi connectivity index (χ3v) is 6.10. The number of aliphatic hydroxyl groups is 1. The van der Waals surface area contributed by atoms with Crippen LogP contribution in [0.2, 0.25) is 0 Å². The summed E-state index contributed by atoms with van der Waals surface area (Å²) in [5.74, 6) is -2.45. The van der Waals surface area contributed by atoms with E-state index in [-0.39, 0.29) is 17.9 Å². The topological polar surface area (TPSA) is 157 Å². The highest BCUT2D eigenvalue weighted by Gasteiger charge is 2.34. The number of hydrogen-bond donors (Lipinski definition) is 6. The molecule has 6 atom stereocenters. The third kappa shape index (κ3) is 8.66. The monoisotopic (exact) mass is 460 g/mol. The summed E-state index contributed by atoms with van der Waals surface area (Å²) < 4.78 is 0. The number of amides is 3. The van der Waals surface area contributed by atoms with Crippen LogP contribution in [-0.4, -0.2) is 82.7 Å². The minimum atomic E-state index is -1.49. The molecular formula is C20H36N4O6S. The van der Waals surface area contributed by atoms with Crippen molar-refractivity contribution in [3.8, 4) is 0 Å². The number of rotatable bonds is 13. The molecule has 0 aromatic rings. The van der Waals surface area contributed by atoms with E-state index < -0.39 is 42.0 Å². The van der Waals surface area contributed by atoms with Gasteiger partial charge in [0.1, 0.15) is 12.1 Å². The first kappa shape index (κ1) is 27.2. The fourth-order valence-electron chi connectivity index (χ4n) is 3.27. The maximum absolute atomic E-state index is 13.0. The van der Waals surface area contributed by atoms with Gasteiger partial charge >= 0.3 is 5.97 Å². The van der Waals surface area contributed by atoms with Crippen molar-refractivity contribution in [1.82, 2.24) is 21.3 Å². The van der Waals surface area contributed by atoms with Crippen LogP contribution in [0.3, 0.4) is 0 Å². The minimum absolute atomic E-state index is 0.247. The molecule has 1 rings (SSSR count). The van der Waals surface area contributed by atoms with Gasteiger partial charge in [-0.1, -0.05) is 20.3 Å². The quantitative estimate of drug-likeness (QED) is 0.214. The Morgan fingerprint density at radius 3 is 2.23 bits per heavy atom. The number of nitrogens with one attached hydrogen (secondary N) is 4. The maximum Gasteiger partial charge on any atom is 0.328 e. The van der Waals surface area contributed by atoms with Gasteiger partial charge in [-0.15, -0.1) is 0 Å². The third-order valence-electron chi connectivity index (χ3n) is 5.46. The molecule has 31 heavy (non-hydrogen) atoms. The molecule has 1 saturated heterocycles. The molecule has 0 aromatic heterocycles. The Labute approximate surface area is 187 Å². The Morgan fingerprint density at radius 2 is 1.74 bits per heavy atom. The highest BCUT2D eigenvalue weighted by Crippen LogP contribution is 2.11. The average molecular weight is 461 g/mol. The average Bonchev–Trinajstić information content (AvgIpc) is 3.26. The Bertz CT molecular complexity index is 627. The number of thioether (sulfide) groups is 1. The second kappa shape index (κ2) is 13.5. The maximum atomic E-state index is 13.0. The largest absolute Gasteiger partial charge is 0.480 e. The molecule has 1 fully saturated rings. The van der Waals surface area contributed by atoms with Crippen LogP contribution in [0.1, 0.15) is 46.5 Å². The van der Waals surface area contributed by atoms with Crippen LogP contribution in [0.25, 0.3) is 0 Å². The van der Waals surface area contributed by atoms with Crippen LogP contribution in [0.5, 0.6) is 0 Å². The summed E-state index contributed by atoms with van der Waals surface area (Å²) in [4.78, 5) is 49.6. The van der Waals surface area contributed by atoms with E-state index in [0.29, 0.717) is 25.0 Å². The van der Waals surface area contributed by atoms with Gasteiger partial charge < -0.3 is 31.5 Å². The number of carbonyl (C=O) groups excluding carboxylic acids is 3. The standard InChI is InChI=1S/C20H36N4O6S/c1-5-11(2)15(19(28)24-16(12(3)25)20(29)30)23-18(27)14(8-10-31-4)22-17(26)13-7-6-9-21-13/h11-16,21,25H,5-10H2,1-4H3,(H,22,26)(H,23,27)(H,24,28)(H,29,30). The number of carboxylic acids is 1. The van der Waals surface area contributed by atoms with Crippen molar-refractivity contribution in [1.29, 1.82) is 0 Å². The zero-order valence-electron chi connectivity index (χ0n) is 18.6. The number of hydrogen-bond acceptors (Lipinski definition) is 7. The van der Waals surface area contributed by atoms with Crippen LogP contribution >= 0.6 is 11.8 Å². The van der Waals surface area contributed by atoms with E-state index in [0.717, 1.165) is 13.0 Å². The molecule has 0 saturated carbocycles. The smallest absolute Gasteiger partial charge is 0.328 e. The van der Waals surface area contributed by atoms with Crippen LogP contribution in [0, 0.1) is 5.92 Å². The lowest BCUT2D eigenvalue weighted by Gasteiger charge is -2.28. The molecule has 3 amide bonds. The number of aliphatic hydroxyl groups excluding tert-OH is 1. The summed E-state index contributed by atoms with van der Waals surface area (Å²) in [6.45, 7) is 5.63. The summed E-state index contributed by atoms with van der Waals surface area (Å²) in [5, 5.41) is 29.7. The molecule has 1 heterocycles. The van der Waals surface area contributed by atoms with E-state index in [9.17, 15) is 29.4 Å². The van der Waals surface area contributed by atoms with Crippen LogP contribution < -0.4 is 21.3 Å². The molecule has 0 aromatic carbocycles. The highest BCUT2D eigenvalue weighted by atomic mass is 32.2. The van der Waals surface area contributed by atoms with Gasteiger partial charge in [0.25, 0.3) is 0 Å². The van der Waals surface area contributed by atoms with Gasteiger partial charge in [0.2, 0.25) is 17.7 Å². The second-order valence-electron chi connectivity index (χ2n) is 7.93. The van der Waals surface area contributed by atoms with Gasteiger partial charge in [-0.25, -0.2) is 4.79 Å². The van der Waals surface area contributed by atoms with Crippen molar-refractivity contribution in [3.63, 3.8) is 0 Å². The Hall–Kier alpha value is -1.85. The summed E-state index contributed by atoms with van der Waals surface area (Å²) in [5.41, 5.74) is 0. The Balaban J connectivity index is 2.92. The summed E-state index contributed by atoms with van der Waals surface area (Å²) in [6, 6.07) is -3.64. The van der Waals surface area contributed by atoms with Crippen LogP contribution in [-0.2, 0) is 19.2 Å². The SMILES string of the molecule is CCC(C)C(NC(=O)C(CCSC)NC(=O)C1CCCN1)C(=O)NC(C(=O)O)C(C)O. The van der Waals surface area contributed by atoms with Gasteiger partial charge in [0.05, 0.1) is 12.1 Å². The van der Waals surface area contributed by atoms with E-state index >= 15 is 0 Å². The molecule has 0 spiro atoms. The summed E-state index contributed by atoms with van der Waals surface area (Å²) in [6.07, 6.45) is 3.14. The summed E-state index contributed by atoms with van der Waals surface area (Å²) >= 11 is 1.54. The van der Waals surface area contributed by atoms with Gasteiger partial charge in [-0.05, 0) is 50.7 Å². The molecule has 178 valence electrons. The molecule has 6 N–H and O–H groups in total. The number of aliphatic carboxylic acids is 1. The van der Waals surface area contributed by atoms with E-state index in [1.165, 1.54) is 18.7 Å². The van der Waals surface area contributed by atoms with Crippen molar-refractivity contribution >= 4 is 35.5 Å². The molecule has 1 aliphatic heterocycles. The van der Waals surface area contributed by atoms with Crippen molar-refractivity contribution in [3.05, 3.63) is 0 Å². The Kier molecular flexibility index (Phi) is 11.9. The lowest BCUT2D eigenvalue weighted by atomic mass is 9.97. The minimum Gasteiger partial charge on any atom is -0.480 e. The van der Waals surface area contributed by atoms with Crippen LogP contribution in [0.4, 0.5) is 0 Å². The first-order valence-corrected chi connectivity index (χ1v) is 12.1. The molecule has 10 nitrogen and oxygen atoms in total. The lowest BCUT2D eigenvalue weighted by molar-refractivity contribution is -0.145. The van der Waals surface area contributed by atoms with Gasteiger partial charge in [-0.3, -0.25) is 14.4 Å². The van der Waals surface area contributed by atoms with Gasteiger partial charge in [0, 0.05) is 0 Å². The van der Waals surface area contributed by atoms with Crippen LogP contribution in [0.15, 0.2) is 0 Å². The Morgan fingerprint density at radius 1 is 1.10 bits per heavy atom. The first-order valence-electron chi connectivity index (χ1n) is 10.7. The molecule has 11 heteroatoms. The van der Waals surface area contributed by atoms with E-state index in [4.69, 9.17) is 0 Å². The number of carboxylic acid groups (broad SMARTS) is 1. The second-order valence-corrected chi connectivity index (χ2v) is 8.91. The highest BCUT2D eigenvalue weighted by molar-refractivity contribution is 7.98. The van der Waals surface area contributed by atoms with Gasteiger partial charge in [-0.2, -0.15) is 11.8 Å². The molecule has 0 radical (unpaired) electrons. The molecular weight excluding hydrogens is 424 g/mol. The van der Waals surface area contributed by atoms with E-state index in [1.807, 2.05) is 13.2 Å². The van der Waals surface area contributed by atoms with E-state index in [2.05, 4.69) is 21.3 Å². The molecule has 0 bridgehead atoms. The van der Waals surface area contributed by atoms with E-state index in [1.54, 1.807) is 6.92 Å².